The van der Waals surface area contributed by atoms with Crippen LogP contribution in [0, 0.1) is 11.3 Å². The Hall–Kier alpha value is -3.97. The molecule has 158 valence electrons. The molecule has 1 saturated carbocycles. The summed E-state index contributed by atoms with van der Waals surface area (Å²) in [6.07, 6.45) is 6.91. The Bertz CT molecular complexity index is 1080. The Kier molecular flexibility index (Phi) is 5.77. The van der Waals surface area contributed by atoms with Gasteiger partial charge >= 0.3 is 0 Å². The normalized spacial score (nSPS) is 20.6. The fourth-order valence-corrected chi connectivity index (χ4v) is 3.97. The Labute approximate surface area is 179 Å². The first-order valence-electron chi connectivity index (χ1n) is 9.99. The highest BCUT2D eigenvalue weighted by molar-refractivity contribution is 5.97. The van der Waals surface area contributed by atoms with E-state index in [0.717, 1.165) is 18.5 Å². The van der Waals surface area contributed by atoms with Gasteiger partial charge in [-0.25, -0.2) is 9.99 Å². The number of nitriles is 1. The van der Waals surface area contributed by atoms with Crippen LogP contribution in [0.3, 0.4) is 0 Å². The number of carbonyl (C=O) groups is 1. The van der Waals surface area contributed by atoms with Gasteiger partial charge in [-0.2, -0.15) is 5.26 Å². The summed E-state index contributed by atoms with van der Waals surface area (Å²) in [5.74, 6) is -0.263. The summed E-state index contributed by atoms with van der Waals surface area (Å²) in [7, 11) is 0. The van der Waals surface area contributed by atoms with Crippen molar-refractivity contribution in [2.24, 2.45) is 11.5 Å². The maximum Gasteiger partial charge on any atom is 0.252 e. The lowest BCUT2D eigenvalue weighted by atomic mass is 9.86. The second kappa shape index (κ2) is 8.81. The van der Waals surface area contributed by atoms with Gasteiger partial charge in [0, 0.05) is 18.3 Å². The monoisotopic (exact) mass is 417 g/mol. The molecule has 0 bridgehead atoms. The number of pyridine rings is 1. The molecule has 10 heteroatoms. The van der Waals surface area contributed by atoms with Crippen molar-refractivity contribution in [3.05, 3.63) is 66.1 Å². The third-order valence-electron chi connectivity index (χ3n) is 5.42. The topological polar surface area (TPSA) is 152 Å². The van der Waals surface area contributed by atoms with Crippen LogP contribution in [0.4, 0.5) is 11.5 Å². The smallest absolute Gasteiger partial charge is 0.252 e. The zero-order valence-corrected chi connectivity index (χ0v) is 16.8. The van der Waals surface area contributed by atoms with E-state index in [1.807, 2.05) is 41.4 Å². The molecule has 1 aliphatic carbocycles. The number of anilines is 2. The SMILES string of the molecule is N#Cc1cnc(NC2CCC(N(c3ccccc3)n3nccn3)[C@@H](N)C2)c(C(N)=O)c1. The van der Waals surface area contributed by atoms with Gasteiger partial charge in [0.2, 0.25) is 0 Å². The van der Waals surface area contributed by atoms with Crippen LogP contribution >= 0.6 is 0 Å². The van der Waals surface area contributed by atoms with E-state index >= 15 is 0 Å². The standard InChI is InChI=1S/C21H23N9O/c22-12-14-10-17(20(24)31)21(25-13-14)28-15-6-7-19(18(23)11-15)29(30-26-8-9-27-30)16-4-2-1-3-5-16/h1-5,8-10,13,15,18-19H,6-7,11,23H2,(H2,24,31)(H,25,28)/t15?,18-,19?/m0/s1. The Balaban J connectivity index is 1.52. The van der Waals surface area contributed by atoms with E-state index < -0.39 is 5.91 Å². The largest absolute Gasteiger partial charge is 0.367 e. The minimum atomic E-state index is -0.634. The van der Waals surface area contributed by atoms with E-state index in [0.29, 0.717) is 12.2 Å². The maximum atomic E-state index is 11.8. The van der Waals surface area contributed by atoms with Crippen molar-refractivity contribution in [2.75, 3.05) is 10.3 Å². The number of benzene rings is 1. The van der Waals surface area contributed by atoms with Crippen LogP contribution in [0.25, 0.3) is 0 Å². The van der Waals surface area contributed by atoms with Crippen LogP contribution < -0.4 is 21.8 Å². The molecule has 10 nitrogen and oxygen atoms in total. The van der Waals surface area contributed by atoms with E-state index in [1.165, 1.54) is 12.3 Å². The maximum absolute atomic E-state index is 11.8. The molecular formula is C21H23N9O. The van der Waals surface area contributed by atoms with Gasteiger partial charge in [-0.3, -0.25) is 4.79 Å². The number of aromatic nitrogens is 4. The molecule has 1 amide bonds. The molecule has 1 aromatic carbocycles. The average molecular weight is 417 g/mol. The molecule has 2 unspecified atom stereocenters. The van der Waals surface area contributed by atoms with Gasteiger partial charge in [0.05, 0.1) is 35.2 Å². The summed E-state index contributed by atoms with van der Waals surface area (Å²) in [5, 5.41) is 23.0. The van der Waals surface area contributed by atoms with Crippen molar-refractivity contribution >= 4 is 17.4 Å². The van der Waals surface area contributed by atoms with Crippen LogP contribution in [0.15, 0.2) is 55.0 Å². The van der Waals surface area contributed by atoms with Gasteiger partial charge in [0.15, 0.2) is 0 Å². The number of primary amides is 1. The molecule has 3 atom stereocenters. The van der Waals surface area contributed by atoms with Crippen molar-refractivity contribution in [2.45, 2.75) is 37.4 Å². The highest BCUT2D eigenvalue weighted by Gasteiger charge is 2.34. The predicted molar refractivity (Wildman–Crippen MR) is 115 cm³/mol. The number of nitrogens with one attached hydrogen (secondary N) is 1. The molecule has 0 spiro atoms. The third kappa shape index (κ3) is 4.31. The zero-order valence-electron chi connectivity index (χ0n) is 16.8. The van der Waals surface area contributed by atoms with Crippen molar-refractivity contribution in [1.82, 2.24) is 20.1 Å². The van der Waals surface area contributed by atoms with Gasteiger partial charge in [-0.1, -0.05) is 23.1 Å². The quantitative estimate of drug-likeness (QED) is 0.542. The predicted octanol–water partition coefficient (Wildman–Crippen LogP) is 1.27. The molecule has 2 heterocycles. The minimum Gasteiger partial charge on any atom is -0.367 e. The van der Waals surface area contributed by atoms with E-state index in [9.17, 15) is 4.79 Å². The van der Waals surface area contributed by atoms with Crippen molar-refractivity contribution < 1.29 is 4.79 Å². The van der Waals surface area contributed by atoms with Crippen molar-refractivity contribution in [3.8, 4) is 6.07 Å². The molecule has 4 rings (SSSR count). The van der Waals surface area contributed by atoms with Gasteiger partial charge in [-0.05, 0) is 37.5 Å². The summed E-state index contributed by atoms with van der Waals surface area (Å²) in [6.45, 7) is 0. The zero-order chi connectivity index (χ0) is 21.8. The van der Waals surface area contributed by atoms with Gasteiger partial charge < -0.3 is 16.8 Å². The molecule has 2 aromatic heterocycles. The number of rotatable bonds is 6. The highest BCUT2D eigenvalue weighted by Crippen LogP contribution is 2.29. The second-order valence-electron chi connectivity index (χ2n) is 7.46. The number of hydrogen-bond donors (Lipinski definition) is 3. The molecule has 1 fully saturated rings. The third-order valence-corrected chi connectivity index (χ3v) is 5.42. The van der Waals surface area contributed by atoms with Crippen molar-refractivity contribution in [3.63, 3.8) is 0 Å². The average Bonchev–Trinajstić information content (AvgIpc) is 3.31. The lowest BCUT2D eigenvalue weighted by Gasteiger charge is -2.41. The molecule has 0 saturated heterocycles. The second-order valence-corrected chi connectivity index (χ2v) is 7.46. The summed E-state index contributed by atoms with van der Waals surface area (Å²) in [6, 6.07) is 13.1. The Morgan fingerprint density at radius 1 is 1.23 bits per heavy atom. The molecule has 0 radical (unpaired) electrons. The number of hydrogen-bond acceptors (Lipinski definition) is 8. The van der Waals surface area contributed by atoms with Crippen molar-refractivity contribution in [1.29, 1.82) is 5.26 Å². The first-order chi connectivity index (χ1) is 15.1. The lowest BCUT2D eigenvalue weighted by Crippen LogP contribution is -2.55. The van der Waals surface area contributed by atoms with E-state index in [1.54, 1.807) is 17.3 Å². The van der Waals surface area contributed by atoms with E-state index in [4.69, 9.17) is 16.7 Å². The molecular weight excluding hydrogens is 394 g/mol. The van der Waals surface area contributed by atoms with Crippen LogP contribution in [-0.4, -0.2) is 44.1 Å². The molecule has 3 aromatic rings. The summed E-state index contributed by atoms with van der Waals surface area (Å²) in [4.78, 5) is 17.6. The van der Waals surface area contributed by atoms with Crippen LogP contribution in [-0.2, 0) is 0 Å². The molecule has 1 aliphatic rings. The number of para-hydroxylation sites is 1. The Morgan fingerprint density at radius 2 is 1.97 bits per heavy atom. The first kappa shape index (κ1) is 20.3. The molecule has 5 N–H and O–H groups in total. The molecule has 31 heavy (non-hydrogen) atoms. The lowest BCUT2D eigenvalue weighted by molar-refractivity contribution is 0.100. The minimum absolute atomic E-state index is 0.00740. The number of amides is 1. The highest BCUT2D eigenvalue weighted by atomic mass is 16.1. The summed E-state index contributed by atoms with van der Waals surface area (Å²) < 4.78 is 0. The number of nitrogens with two attached hydrogens (primary N) is 2. The fraction of sp³-hybridized carbons (Fsp3) is 0.286. The van der Waals surface area contributed by atoms with Crippen LogP contribution in [0.1, 0.15) is 35.2 Å². The van der Waals surface area contributed by atoms with E-state index in [-0.39, 0.29) is 29.3 Å². The van der Waals surface area contributed by atoms with Crippen LogP contribution in [0.5, 0.6) is 0 Å². The van der Waals surface area contributed by atoms with Gasteiger partial charge in [0.25, 0.3) is 5.91 Å². The number of carbonyl (C=O) groups excluding carboxylic acids is 1. The Morgan fingerprint density at radius 3 is 2.61 bits per heavy atom. The number of nitrogens with zero attached hydrogens (tertiary/aromatic N) is 6. The van der Waals surface area contributed by atoms with Gasteiger partial charge in [0.1, 0.15) is 11.9 Å². The van der Waals surface area contributed by atoms with Crippen LogP contribution in [0.2, 0.25) is 0 Å². The molecule has 0 aliphatic heterocycles. The first-order valence-corrected chi connectivity index (χ1v) is 9.99. The summed E-state index contributed by atoms with van der Waals surface area (Å²) in [5.41, 5.74) is 13.5. The fourth-order valence-electron chi connectivity index (χ4n) is 3.97. The summed E-state index contributed by atoms with van der Waals surface area (Å²) >= 11 is 0. The van der Waals surface area contributed by atoms with E-state index in [2.05, 4.69) is 20.5 Å². The van der Waals surface area contributed by atoms with Gasteiger partial charge in [-0.15, -0.1) is 10.2 Å².